The van der Waals surface area contributed by atoms with Crippen LogP contribution in [0.25, 0.3) is 0 Å². The molecular weight excluding hydrogens is 275 g/mol. The van der Waals surface area contributed by atoms with Crippen LogP contribution >= 0.6 is 0 Å². The first-order valence-electron chi connectivity index (χ1n) is 8.90. The van der Waals surface area contributed by atoms with E-state index in [1.165, 1.54) is 44.1 Å². The van der Waals surface area contributed by atoms with Gasteiger partial charge < -0.3 is 4.74 Å². The van der Waals surface area contributed by atoms with Gasteiger partial charge in [-0.25, -0.2) is 4.39 Å². The van der Waals surface area contributed by atoms with E-state index in [9.17, 15) is 4.39 Å². The van der Waals surface area contributed by atoms with E-state index in [1.54, 1.807) is 12.1 Å². The number of rotatable bonds is 11. The SMILES string of the molecule is CCCCCCCCC(c1ccc(F)cc1)C(C)(C)OCC. The van der Waals surface area contributed by atoms with Crippen molar-refractivity contribution in [3.05, 3.63) is 35.6 Å². The zero-order chi connectivity index (χ0) is 16.4. The molecule has 0 aliphatic heterocycles. The summed E-state index contributed by atoms with van der Waals surface area (Å²) in [6.07, 6.45) is 8.87. The summed E-state index contributed by atoms with van der Waals surface area (Å²) in [5.41, 5.74) is 0.976. The molecule has 0 bridgehead atoms. The summed E-state index contributed by atoms with van der Waals surface area (Å²) in [6, 6.07) is 6.95. The van der Waals surface area contributed by atoms with Crippen molar-refractivity contribution >= 4 is 0 Å². The molecule has 0 saturated carbocycles. The van der Waals surface area contributed by atoms with E-state index < -0.39 is 0 Å². The van der Waals surface area contributed by atoms with Crippen molar-refractivity contribution in [2.45, 2.75) is 84.2 Å². The third kappa shape index (κ3) is 6.48. The summed E-state index contributed by atoms with van der Waals surface area (Å²) >= 11 is 0. The second-order valence-corrected chi connectivity index (χ2v) is 6.70. The van der Waals surface area contributed by atoms with Crippen molar-refractivity contribution in [2.24, 2.45) is 0 Å². The Balaban J connectivity index is 2.64. The van der Waals surface area contributed by atoms with Crippen LogP contribution in [0.5, 0.6) is 0 Å². The summed E-state index contributed by atoms with van der Waals surface area (Å²) < 4.78 is 19.2. The molecule has 0 aliphatic carbocycles. The minimum atomic E-state index is -0.212. The number of unbranched alkanes of at least 4 members (excludes halogenated alkanes) is 5. The standard InChI is InChI=1S/C20H33FO/c1-5-7-8-9-10-11-12-19(20(3,4)22-6-2)17-13-15-18(21)16-14-17/h13-16,19H,5-12H2,1-4H3. The second kappa shape index (κ2) is 9.99. The van der Waals surface area contributed by atoms with Gasteiger partial charge in [0.1, 0.15) is 5.82 Å². The molecule has 1 aromatic rings. The second-order valence-electron chi connectivity index (χ2n) is 6.70. The molecule has 0 saturated heterocycles. The van der Waals surface area contributed by atoms with Gasteiger partial charge in [-0.1, -0.05) is 57.6 Å². The van der Waals surface area contributed by atoms with Crippen molar-refractivity contribution in [3.8, 4) is 0 Å². The van der Waals surface area contributed by atoms with Gasteiger partial charge >= 0.3 is 0 Å². The molecule has 0 spiro atoms. The smallest absolute Gasteiger partial charge is 0.123 e. The molecular formula is C20H33FO. The van der Waals surface area contributed by atoms with Crippen molar-refractivity contribution in [2.75, 3.05) is 6.61 Å². The van der Waals surface area contributed by atoms with Gasteiger partial charge in [-0.3, -0.25) is 0 Å². The molecule has 0 fully saturated rings. The Labute approximate surface area is 136 Å². The van der Waals surface area contributed by atoms with Crippen LogP contribution in [0, 0.1) is 5.82 Å². The lowest BCUT2D eigenvalue weighted by molar-refractivity contribution is -0.0335. The maximum atomic E-state index is 13.2. The highest BCUT2D eigenvalue weighted by atomic mass is 19.1. The van der Waals surface area contributed by atoms with Gasteiger partial charge in [0.15, 0.2) is 0 Å². The van der Waals surface area contributed by atoms with E-state index in [1.807, 2.05) is 19.1 Å². The lowest BCUT2D eigenvalue weighted by atomic mass is 9.80. The molecule has 22 heavy (non-hydrogen) atoms. The Bertz CT molecular complexity index is 397. The first-order chi connectivity index (χ1) is 10.5. The van der Waals surface area contributed by atoms with Crippen LogP contribution in [-0.4, -0.2) is 12.2 Å². The Morgan fingerprint density at radius 3 is 2.14 bits per heavy atom. The summed E-state index contributed by atoms with van der Waals surface area (Å²) in [7, 11) is 0. The molecule has 1 nitrogen and oxygen atoms in total. The topological polar surface area (TPSA) is 9.23 Å². The Morgan fingerprint density at radius 2 is 1.55 bits per heavy atom. The van der Waals surface area contributed by atoms with Crippen LogP contribution in [0.1, 0.15) is 84.1 Å². The average molecular weight is 308 g/mol. The number of ether oxygens (including phenoxy) is 1. The summed E-state index contributed by atoms with van der Waals surface area (Å²) in [5.74, 6) is 0.149. The van der Waals surface area contributed by atoms with Crippen molar-refractivity contribution < 1.29 is 9.13 Å². The molecule has 0 heterocycles. The molecule has 0 N–H and O–H groups in total. The van der Waals surface area contributed by atoms with E-state index in [4.69, 9.17) is 4.74 Å². The Hall–Kier alpha value is -0.890. The third-order valence-electron chi connectivity index (χ3n) is 4.47. The first-order valence-corrected chi connectivity index (χ1v) is 8.90. The van der Waals surface area contributed by atoms with Crippen LogP contribution in [0.4, 0.5) is 4.39 Å². The number of hydrogen-bond acceptors (Lipinski definition) is 1. The highest BCUT2D eigenvalue weighted by Crippen LogP contribution is 2.35. The van der Waals surface area contributed by atoms with Gasteiger partial charge in [-0.2, -0.15) is 0 Å². The van der Waals surface area contributed by atoms with Crippen LogP contribution in [0.15, 0.2) is 24.3 Å². The molecule has 0 aliphatic rings. The molecule has 0 radical (unpaired) electrons. The number of halogens is 1. The lowest BCUT2D eigenvalue weighted by Crippen LogP contribution is -2.33. The molecule has 0 amide bonds. The third-order valence-corrected chi connectivity index (χ3v) is 4.47. The predicted molar refractivity (Wildman–Crippen MR) is 92.8 cm³/mol. The Kier molecular flexibility index (Phi) is 8.70. The Morgan fingerprint density at radius 1 is 0.955 bits per heavy atom. The minimum Gasteiger partial charge on any atom is -0.375 e. The van der Waals surface area contributed by atoms with Gasteiger partial charge in [0.2, 0.25) is 0 Å². The lowest BCUT2D eigenvalue weighted by Gasteiger charge is -2.35. The molecule has 1 rings (SSSR count). The minimum absolute atomic E-state index is 0.170. The van der Waals surface area contributed by atoms with Gasteiger partial charge in [-0.15, -0.1) is 0 Å². The maximum absolute atomic E-state index is 13.2. The maximum Gasteiger partial charge on any atom is 0.123 e. The monoisotopic (exact) mass is 308 g/mol. The zero-order valence-corrected chi connectivity index (χ0v) is 14.8. The fourth-order valence-electron chi connectivity index (χ4n) is 3.21. The fourth-order valence-corrected chi connectivity index (χ4v) is 3.21. The number of hydrogen-bond donors (Lipinski definition) is 0. The molecule has 2 heteroatoms. The van der Waals surface area contributed by atoms with E-state index >= 15 is 0 Å². The van der Waals surface area contributed by atoms with Crippen LogP contribution in [-0.2, 0) is 4.74 Å². The molecule has 0 aromatic heterocycles. The van der Waals surface area contributed by atoms with Crippen molar-refractivity contribution in [1.82, 2.24) is 0 Å². The largest absolute Gasteiger partial charge is 0.375 e. The van der Waals surface area contributed by atoms with Crippen molar-refractivity contribution in [3.63, 3.8) is 0 Å². The highest BCUT2D eigenvalue weighted by Gasteiger charge is 2.30. The van der Waals surface area contributed by atoms with Crippen LogP contribution < -0.4 is 0 Å². The molecule has 126 valence electrons. The quantitative estimate of drug-likeness (QED) is 0.425. The predicted octanol–water partition coefficient (Wildman–Crippen LogP) is 6.48. The van der Waals surface area contributed by atoms with Crippen molar-refractivity contribution in [1.29, 1.82) is 0 Å². The van der Waals surface area contributed by atoms with Gasteiger partial charge in [-0.05, 0) is 44.9 Å². The summed E-state index contributed by atoms with van der Waals surface area (Å²) in [6.45, 7) is 9.30. The van der Waals surface area contributed by atoms with Crippen LogP contribution in [0.3, 0.4) is 0 Å². The van der Waals surface area contributed by atoms with Crippen LogP contribution in [0.2, 0.25) is 0 Å². The van der Waals surface area contributed by atoms with E-state index in [-0.39, 0.29) is 11.4 Å². The van der Waals surface area contributed by atoms with E-state index in [2.05, 4.69) is 20.8 Å². The van der Waals surface area contributed by atoms with E-state index in [0.717, 1.165) is 6.42 Å². The first kappa shape index (κ1) is 19.2. The van der Waals surface area contributed by atoms with Gasteiger partial charge in [0.25, 0.3) is 0 Å². The zero-order valence-electron chi connectivity index (χ0n) is 14.8. The normalized spacial score (nSPS) is 13.3. The fraction of sp³-hybridized carbons (Fsp3) is 0.700. The average Bonchev–Trinajstić information content (AvgIpc) is 2.47. The summed E-state index contributed by atoms with van der Waals surface area (Å²) in [4.78, 5) is 0. The number of benzene rings is 1. The highest BCUT2D eigenvalue weighted by molar-refractivity contribution is 5.23. The van der Waals surface area contributed by atoms with Gasteiger partial charge in [0.05, 0.1) is 5.60 Å². The molecule has 1 unspecified atom stereocenters. The van der Waals surface area contributed by atoms with Gasteiger partial charge in [0, 0.05) is 12.5 Å². The molecule has 1 aromatic carbocycles. The van der Waals surface area contributed by atoms with E-state index in [0.29, 0.717) is 12.5 Å². The summed E-state index contributed by atoms with van der Waals surface area (Å²) in [5, 5.41) is 0. The molecule has 1 atom stereocenters.